The number of methoxy groups -OCH3 is 1. The van der Waals surface area contributed by atoms with Crippen LogP contribution in [0.4, 0.5) is 0 Å². The van der Waals surface area contributed by atoms with E-state index in [0.717, 1.165) is 0 Å². The summed E-state index contributed by atoms with van der Waals surface area (Å²) in [5.74, 6) is -0.112. The lowest BCUT2D eigenvalue weighted by molar-refractivity contribution is -0.136. The molecule has 0 aliphatic carbocycles. The molecule has 1 aromatic carbocycles. The number of rotatable bonds is 4. The molecule has 1 aliphatic rings. The summed E-state index contributed by atoms with van der Waals surface area (Å²) >= 11 is 1.21. The average molecular weight is 438 g/mol. The van der Waals surface area contributed by atoms with Crippen molar-refractivity contribution in [3.63, 3.8) is 0 Å². The van der Waals surface area contributed by atoms with Gasteiger partial charge in [0.1, 0.15) is 11.5 Å². The Kier molecular flexibility index (Phi) is 5.43. The van der Waals surface area contributed by atoms with E-state index in [1.807, 2.05) is 0 Å². The molecule has 1 atom stereocenters. The first kappa shape index (κ1) is 20.5. The second-order valence-corrected chi connectivity index (χ2v) is 7.76. The number of aromatic nitrogens is 1. The van der Waals surface area contributed by atoms with Crippen molar-refractivity contribution >= 4 is 29.4 Å². The number of hydrogen-bond acceptors (Lipinski definition) is 8. The fraction of sp³-hybridized carbons (Fsp3) is 0.182. The van der Waals surface area contributed by atoms with E-state index in [4.69, 9.17) is 13.9 Å². The van der Waals surface area contributed by atoms with Crippen LogP contribution < -0.4 is 19.6 Å². The zero-order valence-electron chi connectivity index (χ0n) is 16.9. The van der Waals surface area contributed by atoms with Gasteiger partial charge in [-0.05, 0) is 36.8 Å². The number of thiazole rings is 1. The van der Waals surface area contributed by atoms with Crippen LogP contribution in [-0.4, -0.2) is 23.6 Å². The zero-order chi connectivity index (χ0) is 22.1. The quantitative estimate of drug-likeness (QED) is 0.456. The smallest absolute Gasteiger partial charge is 0.338 e. The molecule has 31 heavy (non-hydrogen) atoms. The minimum Gasteiger partial charge on any atom is -0.466 e. The third kappa shape index (κ3) is 3.87. The number of allylic oxidation sites excluding steroid dienone is 1. The van der Waals surface area contributed by atoms with Gasteiger partial charge >= 0.3 is 11.9 Å². The summed E-state index contributed by atoms with van der Waals surface area (Å²) in [4.78, 5) is 42.1. The van der Waals surface area contributed by atoms with Gasteiger partial charge in [-0.3, -0.25) is 14.2 Å². The highest BCUT2D eigenvalue weighted by Gasteiger charge is 2.33. The molecule has 0 saturated carbocycles. The second-order valence-electron chi connectivity index (χ2n) is 6.75. The number of carbonyl (C=O) groups excluding carboxylic acids is 2. The molecule has 0 fully saturated rings. The minimum absolute atomic E-state index is 0.264. The summed E-state index contributed by atoms with van der Waals surface area (Å²) in [7, 11) is 1.28. The summed E-state index contributed by atoms with van der Waals surface area (Å²) in [6.07, 6.45) is 3.16. The molecule has 0 N–H and O–H groups in total. The number of nitrogens with zero attached hydrogens (tertiary/aromatic N) is 2. The van der Waals surface area contributed by atoms with Crippen LogP contribution in [0.5, 0.6) is 5.75 Å². The Labute approximate surface area is 180 Å². The third-order valence-electron chi connectivity index (χ3n) is 4.70. The summed E-state index contributed by atoms with van der Waals surface area (Å²) in [6, 6.07) is 9.36. The monoisotopic (exact) mass is 438 g/mol. The molecule has 3 aromatic rings. The fourth-order valence-electron chi connectivity index (χ4n) is 3.39. The van der Waals surface area contributed by atoms with Crippen molar-refractivity contribution in [1.82, 2.24) is 4.57 Å². The van der Waals surface area contributed by atoms with Crippen LogP contribution in [0.15, 0.2) is 68.1 Å². The Bertz CT molecular complexity index is 1360. The number of ether oxygens (including phenoxy) is 2. The molecule has 0 unspecified atom stereocenters. The van der Waals surface area contributed by atoms with E-state index in [1.54, 1.807) is 49.4 Å². The van der Waals surface area contributed by atoms with Gasteiger partial charge < -0.3 is 13.9 Å². The minimum atomic E-state index is -0.742. The highest BCUT2D eigenvalue weighted by atomic mass is 32.1. The maximum absolute atomic E-state index is 13.3. The second kappa shape index (κ2) is 8.19. The molecule has 0 radical (unpaired) electrons. The van der Waals surface area contributed by atoms with Crippen LogP contribution >= 0.6 is 11.3 Å². The summed E-state index contributed by atoms with van der Waals surface area (Å²) in [5, 5.41) is 0. The SMILES string of the molecule is COC(=O)C1=C(C)N=c2sc(=Cc3ccco3)c(=O)n2[C@H]1c1ccc(OC(C)=O)cc1. The van der Waals surface area contributed by atoms with Crippen molar-refractivity contribution in [1.29, 1.82) is 0 Å². The van der Waals surface area contributed by atoms with Gasteiger partial charge in [-0.2, -0.15) is 0 Å². The lowest BCUT2D eigenvalue weighted by Crippen LogP contribution is -2.39. The lowest BCUT2D eigenvalue weighted by atomic mass is 9.96. The Morgan fingerprint density at radius 3 is 2.58 bits per heavy atom. The molecule has 1 aliphatic heterocycles. The van der Waals surface area contributed by atoms with Gasteiger partial charge in [0.05, 0.1) is 35.2 Å². The number of hydrogen-bond donors (Lipinski definition) is 0. The first-order chi connectivity index (χ1) is 14.9. The number of carbonyl (C=O) groups is 2. The van der Waals surface area contributed by atoms with Crippen molar-refractivity contribution in [3.8, 4) is 5.75 Å². The van der Waals surface area contributed by atoms with Crippen LogP contribution in [0.2, 0.25) is 0 Å². The number of furan rings is 1. The molecule has 4 rings (SSSR count). The zero-order valence-corrected chi connectivity index (χ0v) is 17.8. The molecule has 0 spiro atoms. The van der Waals surface area contributed by atoms with Gasteiger partial charge in [0, 0.05) is 13.0 Å². The van der Waals surface area contributed by atoms with Crippen LogP contribution in [0.25, 0.3) is 6.08 Å². The van der Waals surface area contributed by atoms with Crippen molar-refractivity contribution < 1.29 is 23.5 Å². The lowest BCUT2D eigenvalue weighted by Gasteiger charge is -2.24. The van der Waals surface area contributed by atoms with Gasteiger partial charge in [-0.25, -0.2) is 9.79 Å². The summed E-state index contributed by atoms with van der Waals surface area (Å²) < 4.78 is 17.3. The fourth-order valence-corrected chi connectivity index (χ4v) is 4.42. The van der Waals surface area contributed by atoms with E-state index in [0.29, 0.717) is 32.1 Å². The predicted octanol–water partition coefficient (Wildman–Crippen LogP) is 1.93. The van der Waals surface area contributed by atoms with Gasteiger partial charge in [-0.15, -0.1) is 0 Å². The van der Waals surface area contributed by atoms with Crippen molar-refractivity contribution in [2.45, 2.75) is 19.9 Å². The van der Waals surface area contributed by atoms with E-state index in [2.05, 4.69) is 4.99 Å². The van der Waals surface area contributed by atoms with Gasteiger partial charge in [0.2, 0.25) is 0 Å². The Morgan fingerprint density at radius 1 is 1.23 bits per heavy atom. The van der Waals surface area contributed by atoms with E-state index >= 15 is 0 Å². The van der Waals surface area contributed by atoms with Crippen LogP contribution in [0.3, 0.4) is 0 Å². The maximum atomic E-state index is 13.3. The van der Waals surface area contributed by atoms with Crippen LogP contribution in [0.1, 0.15) is 31.2 Å². The topological polar surface area (TPSA) is 100 Å². The largest absolute Gasteiger partial charge is 0.466 e. The molecule has 0 amide bonds. The van der Waals surface area contributed by atoms with Crippen molar-refractivity contribution in [2.24, 2.45) is 4.99 Å². The average Bonchev–Trinajstić information content (AvgIpc) is 3.35. The number of benzene rings is 1. The molecule has 2 aromatic heterocycles. The highest BCUT2D eigenvalue weighted by Crippen LogP contribution is 2.31. The maximum Gasteiger partial charge on any atom is 0.338 e. The summed E-state index contributed by atoms with van der Waals surface area (Å²) in [6.45, 7) is 3.02. The standard InChI is InChI=1S/C22H18N2O6S/c1-12-18(21(27)28-3)19(14-6-8-15(9-7-14)30-13(2)25)24-20(26)17(31-22(24)23-12)11-16-5-4-10-29-16/h4-11,19H,1-3H3/t19-/m0/s1. The molecule has 158 valence electrons. The first-order valence-corrected chi connectivity index (χ1v) is 10.1. The third-order valence-corrected chi connectivity index (χ3v) is 5.68. The van der Waals surface area contributed by atoms with E-state index < -0.39 is 18.0 Å². The van der Waals surface area contributed by atoms with E-state index in [-0.39, 0.29) is 11.1 Å². The molecule has 3 heterocycles. The Hall–Kier alpha value is -3.72. The Morgan fingerprint density at radius 2 is 1.97 bits per heavy atom. The molecule has 0 bridgehead atoms. The summed E-state index contributed by atoms with van der Waals surface area (Å²) in [5.41, 5.74) is 1.07. The first-order valence-electron chi connectivity index (χ1n) is 9.32. The van der Waals surface area contributed by atoms with Gasteiger partial charge in [0.15, 0.2) is 4.80 Å². The molecular formula is C22H18N2O6S. The van der Waals surface area contributed by atoms with Crippen molar-refractivity contribution in [3.05, 3.63) is 84.9 Å². The molecular weight excluding hydrogens is 420 g/mol. The normalized spacial score (nSPS) is 16.0. The number of fused-ring (bicyclic) bond motifs is 1. The van der Waals surface area contributed by atoms with E-state index in [9.17, 15) is 14.4 Å². The predicted molar refractivity (Wildman–Crippen MR) is 112 cm³/mol. The molecule has 8 nitrogen and oxygen atoms in total. The van der Waals surface area contributed by atoms with Crippen LogP contribution in [-0.2, 0) is 14.3 Å². The highest BCUT2D eigenvalue weighted by molar-refractivity contribution is 7.07. The van der Waals surface area contributed by atoms with Gasteiger partial charge in [0.25, 0.3) is 5.56 Å². The van der Waals surface area contributed by atoms with Gasteiger partial charge in [-0.1, -0.05) is 23.5 Å². The van der Waals surface area contributed by atoms with Crippen LogP contribution in [0, 0.1) is 0 Å². The van der Waals surface area contributed by atoms with Crippen molar-refractivity contribution in [2.75, 3.05) is 7.11 Å². The molecule has 9 heteroatoms. The molecule has 0 saturated heterocycles. The Balaban J connectivity index is 1.91. The number of esters is 2. The van der Waals surface area contributed by atoms with E-state index in [1.165, 1.54) is 36.2 Å².